The summed E-state index contributed by atoms with van der Waals surface area (Å²) in [4.78, 5) is 12.0. The van der Waals surface area contributed by atoms with Crippen molar-refractivity contribution in [2.75, 3.05) is 6.61 Å². The van der Waals surface area contributed by atoms with Crippen LogP contribution >= 0.6 is 15.9 Å². The van der Waals surface area contributed by atoms with Crippen LogP contribution in [0.25, 0.3) is 11.8 Å². The van der Waals surface area contributed by atoms with Crippen molar-refractivity contribution in [2.24, 2.45) is 0 Å². The number of unbranched alkanes of at least 4 members (excludes halogenated alkanes) is 1. The molecular formula is C20H18BrN3O2. The van der Waals surface area contributed by atoms with Gasteiger partial charge in [-0.1, -0.05) is 15.9 Å². The third-order valence-electron chi connectivity index (χ3n) is 3.86. The minimum absolute atomic E-state index is 0.0574. The second-order valence-corrected chi connectivity index (χ2v) is 6.62. The minimum atomic E-state index is -0.668. The number of carbonyl (C=O) groups excluding carboxylic acids is 1. The molecule has 6 heteroatoms. The average Bonchev–Trinajstić information content (AvgIpc) is 2.91. The number of ether oxygens (including phenoxy) is 1. The highest BCUT2D eigenvalue weighted by Crippen LogP contribution is 2.24. The largest absolute Gasteiger partial charge is 0.462 e. The molecule has 0 aliphatic rings. The monoisotopic (exact) mass is 411 g/mol. The lowest BCUT2D eigenvalue weighted by Crippen LogP contribution is -2.08. The molecule has 0 saturated carbocycles. The summed E-state index contributed by atoms with van der Waals surface area (Å²) in [5.41, 5.74) is 3.65. The van der Waals surface area contributed by atoms with E-state index < -0.39 is 5.97 Å². The molecule has 2 aromatic rings. The van der Waals surface area contributed by atoms with Gasteiger partial charge in [0.15, 0.2) is 0 Å². The van der Waals surface area contributed by atoms with Gasteiger partial charge in [0.1, 0.15) is 11.6 Å². The Bertz CT molecular complexity index is 912. The van der Waals surface area contributed by atoms with Crippen molar-refractivity contribution in [3.8, 4) is 17.8 Å². The van der Waals surface area contributed by atoms with Crippen molar-refractivity contribution in [3.05, 3.63) is 57.3 Å². The number of nitrogens with zero attached hydrogens (tertiary/aromatic N) is 3. The predicted molar refractivity (Wildman–Crippen MR) is 102 cm³/mol. The Morgan fingerprint density at radius 3 is 2.58 bits per heavy atom. The summed E-state index contributed by atoms with van der Waals surface area (Å²) in [6.45, 7) is 4.04. The fourth-order valence-corrected chi connectivity index (χ4v) is 2.87. The molecule has 0 saturated heterocycles. The van der Waals surface area contributed by atoms with Crippen LogP contribution in [0.3, 0.4) is 0 Å². The third kappa shape index (κ3) is 4.62. The predicted octanol–water partition coefficient (Wildman–Crippen LogP) is 4.61. The van der Waals surface area contributed by atoms with E-state index in [0.717, 1.165) is 27.1 Å². The topological polar surface area (TPSA) is 78.8 Å². The van der Waals surface area contributed by atoms with Gasteiger partial charge < -0.3 is 9.30 Å². The third-order valence-corrected chi connectivity index (χ3v) is 4.39. The highest BCUT2D eigenvalue weighted by molar-refractivity contribution is 9.10. The number of hydrogen-bond donors (Lipinski definition) is 0. The van der Waals surface area contributed by atoms with Crippen molar-refractivity contribution in [1.82, 2.24) is 4.57 Å². The van der Waals surface area contributed by atoms with Crippen molar-refractivity contribution in [1.29, 1.82) is 10.5 Å². The number of nitriles is 2. The molecule has 1 aromatic heterocycles. The van der Waals surface area contributed by atoms with Gasteiger partial charge in [-0.15, -0.1) is 0 Å². The van der Waals surface area contributed by atoms with Crippen molar-refractivity contribution in [3.63, 3.8) is 0 Å². The molecule has 1 heterocycles. The van der Waals surface area contributed by atoms with Gasteiger partial charge in [0.25, 0.3) is 0 Å². The van der Waals surface area contributed by atoms with Crippen LogP contribution < -0.4 is 0 Å². The molecule has 1 aromatic carbocycles. The quantitative estimate of drug-likeness (QED) is 0.300. The van der Waals surface area contributed by atoms with Gasteiger partial charge in [0.2, 0.25) is 0 Å². The van der Waals surface area contributed by atoms with Crippen LogP contribution in [0, 0.1) is 36.5 Å². The maximum atomic E-state index is 12.0. The van der Waals surface area contributed by atoms with Crippen molar-refractivity contribution in [2.45, 2.75) is 26.7 Å². The molecule has 0 aliphatic heterocycles. The molecule has 0 unspecified atom stereocenters. The second kappa shape index (κ2) is 9.03. The first kappa shape index (κ1) is 19.5. The number of esters is 1. The van der Waals surface area contributed by atoms with E-state index in [1.807, 2.05) is 56.3 Å². The van der Waals surface area contributed by atoms with E-state index in [1.165, 1.54) is 0 Å². The van der Waals surface area contributed by atoms with E-state index >= 15 is 0 Å². The zero-order valence-electron chi connectivity index (χ0n) is 14.6. The number of hydrogen-bond acceptors (Lipinski definition) is 4. The minimum Gasteiger partial charge on any atom is -0.462 e. The molecule has 132 valence electrons. The number of benzene rings is 1. The molecule has 5 nitrogen and oxygen atoms in total. The summed E-state index contributed by atoms with van der Waals surface area (Å²) in [7, 11) is 0. The summed E-state index contributed by atoms with van der Waals surface area (Å²) in [5, 5.41) is 17.8. The lowest BCUT2D eigenvalue weighted by molar-refractivity contribution is -0.138. The van der Waals surface area contributed by atoms with Crippen LogP contribution in [-0.4, -0.2) is 17.1 Å². The van der Waals surface area contributed by atoms with E-state index in [1.54, 1.807) is 6.08 Å². The molecule has 0 radical (unpaired) electrons. The SMILES string of the molecule is Cc1cc(/C=C(\C#N)C(=O)OCCCC#N)c(C)n1-c1ccc(Br)cc1. The summed E-state index contributed by atoms with van der Waals surface area (Å²) < 4.78 is 8.11. The first-order valence-electron chi connectivity index (χ1n) is 8.08. The lowest BCUT2D eigenvalue weighted by atomic mass is 10.1. The first-order valence-corrected chi connectivity index (χ1v) is 8.88. The Balaban J connectivity index is 2.28. The van der Waals surface area contributed by atoms with E-state index in [2.05, 4.69) is 20.5 Å². The van der Waals surface area contributed by atoms with Crippen LogP contribution in [0.4, 0.5) is 0 Å². The molecule has 0 amide bonds. The number of aryl methyl sites for hydroxylation is 1. The van der Waals surface area contributed by atoms with Crippen LogP contribution in [0.1, 0.15) is 29.8 Å². The molecule has 0 bridgehead atoms. The molecule has 0 spiro atoms. The standard InChI is InChI=1S/C20H18BrN3O2/c1-14-11-16(12-17(13-23)20(25)26-10-4-3-9-22)15(2)24(14)19-7-5-18(21)6-8-19/h5-8,11-12H,3-4,10H2,1-2H3/b17-12+. The number of carbonyl (C=O) groups is 1. The van der Waals surface area contributed by atoms with Gasteiger partial charge in [-0.25, -0.2) is 4.79 Å². The maximum Gasteiger partial charge on any atom is 0.348 e. The van der Waals surface area contributed by atoms with Gasteiger partial charge in [0, 0.05) is 28.0 Å². The molecule has 2 rings (SSSR count). The Kier molecular flexibility index (Phi) is 6.77. The van der Waals surface area contributed by atoms with E-state index in [-0.39, 0.29) is 12.2 Å². The van der Waals surface area contributed by atoms with E-state index in [0.29, 0.717) is 12.8 Å². The zero-order chi connectivity index (χ0) is 19.1. The molecule has 0 atom stereocenters. The first-order chi connectivity index (χ1) is 12.5. The summed E-state index contributed by atoms with van der Waals surface area (Å²) in [6, 6.07) is 13.7. The zero-order valence-corrected chi connectivity index (χ0v) is 16.2. The fourth-order valence-electron chi connectivity index (χ4n) is 2.61. The number of rotatable bonds is 6. The van der Waals surface area contributed by atoms with Crippen LogP contribution in [-0.2, 0) is 9.53 Å². The number of halogens is 1. The average molecular weight is 412 g/mol. The Hall–Kier alpha value is -2.83. The van der Waals surface area contributed by atoms with Crippen molar-refractivity contribution >= 4 is 28.0 Å². The molecule has 0 N–H and O–H groups in total. The van der Waals surface area contributed by atoms with Crippen LogP contribution in [0.5, 0.6) is 0 Å². The van der Waals surface area contributed by atoms with Gasteiger partial charge >= 0.3 is 5.97 Å². The Labute approximate surface area is 161 Å². The fraction of sp³-hybridized carbons (Fsp3) is 0.250. The van der Waals surface area contributed by atoms with Crippen LogP contribution in [0.2, 0.25) is 0 Å². The Morgan fingerprint density at radius 1 is 1.27 bits per heavy atom. The van der Waals surface area contributed by atoms with E-state index in [9.17, 15) is 10.1 Å². The number of aromatic nitrogens is 1. The van der Waals surface area contributed by atoms with E-state index in [4.69, 9.17) is 10.00 Å². The maximum absolute atomic E-state index is 12.0. The lowest BCUT2D eigenvalue weighted by Gasteiger charge is -2.09. The normalized spacial score (nSPS) is 10.9. The van der Waals surface area contributed by atoms with Gasteiger partial charge in [-0.05, 0) is 62.2 Å². The smallest absolute Gasteiger partial charge is 0.348 e. The molecule has 0 fully saturated rings. The van der Waals surface area contributed by atoms with Gasteiger partial charge in [-0.3, -0.25) is 0 Å². The highest BCUT2D eigenvalue weighted by Gasteiger charge is 2.14. The highest BCUT2D eigenvalue weighted by atomic mass is 79.9. The van der Waals surface area contributed by atoms with Crippen molar-refractivity contribution < 1.29 is 9.53 Å². The summed E-state index contributed by atoms with van der Waals surface area (Å²) in [6.07, 6.45) is 2.32. The summed E-state index contributed by atoms with van der Waals surface area (Å²) in [5.74, 6) is -0.668. The second-order valence-electron chi connectivity index (χ2n) is 5.71. The molecule has 0 aliphatic carbocycles. The summed E-state index contributed by atoms with van der Waals surface area (Å²) >= 11 is 3.42. The van der Waals surface area contributed by atoms with Crippen LogP contribution in [0.15, 0.2) is 40.4 Å². The van der Waals surface area contributed by atoms with Gasteiger partial charge in [-0.2, -0.15) is 10.5 Å². The Morgan fingerprint density at radius 2 is 1.96 bits per heavy atom. The molecule has 26 heavy (non-hydrogen) atoms. The van der Waals surface area contributed by atoms with Gasteiger partial charge in [0.05, 0.1) is 12.7 Å². The molecular weight excluding hydrogens is 394 g/mol.